The van der Waals surface area contributed by atoms with E-state index in [9.17, 15) is 0 Å². The van der Waals surface area contributed by atoms with Gasteiger partial charge in [-0.05, 0) is 70.7 Å². The number of rotatable bonds is 14. The van der Waals surface area contributed by atoms with Crippen molar-refractivity contribution in [2.45, 2.75) is 19.6 Å². The summed E-state index contributed by atoms with van der Waals surface area (Å²) in [6, 6.07) is 20.2. The molecule has 3 nitrogen and oxygen atoms in total. The summed E-state index contributed by atoms with van der Waals surface area (Å²) in [5, 5.41) is 1.93. The van der Waals surface area contributed by atoms with E-state index in [1.165, 1.54) is 0 Å². The maximum absolute atomic E-state index is 5.81. The molecule has 0 saturated heterocycles. The number of methoxy groups -OCH3 is 2. The van der Waals surface area contributed by atoms with Crippen LogP contribution in [-0.2, 0) is 4.74 Å². The third kappa shape index (κ3) is 8.15. The van der Waals surface area contributed by atoms with Crippen molar-refractivity contribution in [3.05, 3.63) is 170 Å². The molecule has 0 aliphatic heterocycles. The Kier molecular flexibility index (Phi) is 11.3. The third-order valence-corrected chi connectivity index (χ3v) is 7.98. The molecule has 43 heavy (non-hydrogen) atoms. The van der Waals surface area contributed by atoms with Gasteiger partial charge in [-0.15, -0.1) is 0 Å². The van der Waals surface area contributed by atoms with Gasteiger partial charge in [0.2, 0.25) is 0 Å². The molecule has 3 aromatic rings. The van der Waals surface area contributed by atoms with E-state index in [1.807, 2.05) is 54.6 Å². The van der Waals surface area contributed by atoms with Gasteiger partial charge in [-0.25, -0.2) is 0 Å². The number of benzene rings is 3. The van der Waals surface area contributed by atoms with Crippen molar-refractivity contribution in [1.82, 2.24) is 0 Å². The molecule has 0 fully saturated rings. The minimum atomic E-state index is -1.36. The number of anilines is 1. The molecule has 0 aromatic heterocycles. The average molecular weight is 586 g/mol. The van der Waals surface area contributed by atoms with E-state index >= 15 is 0 Å². The summed E-state index contributed by atoms with van der Waals surface area (Å²) in [5.41, 5.74) is 8.47. The van der Waals surface area contributed by atoms with E-state index < -0.39 is 8.07 Å². The number of nitrogens with zero attached hydrogens (tertiary/aromatic N) is 1. The number of hydrogen-bond donors (Lipinski definition) is 0. The molecule has 0 spiro atoms. The molecule has 220 valence electrons. The second-order valence-corrected chi connectivity index (χ2v) is 16.1. The van der Waals surface area contributed by atoms with Gasteiger partial charge in [0.1, 0.15) is 11.5 Å². The van der Waals surface area contributed by atoms with Crippen LogP contribution in [0.1, 0.15) is 11.1 Å². The Hall–Kier alpha value is -4.80. The van der Waals surface area contributed by atoms with E-state index in [4.69, 9.17) is 9.47 Å². The number of fused-ring (bicyclic) bond motifs is 1. The Balaban J connectivity index is 2.07. The summed E-state index contributed by atoms with van der Waals surface area (Å²) in [6.07, 6.45) is 13.5. The van der Waals surface area contributed by atoms with Crippen molar-refractivity contribution < 1.29 is 9.47 Å². The summed E-state index contributed by atoms with van der Waals surface area (Å²) in [4.78, 5) is 2.09. The van der Waals surface area contributed by atoms with Gasteiger partial charge in [-0.2, -0.15) is 0 Å². The predicted octanol–water partition coefficient (Wildman–Crippen LogP) is 10.7. The largest absolute Gasteiger partial charge is 0.496 e. The van der Waals surface area contributed by atoms with Gasteiger partial charge in [-0.1, -0.05) is 113 Å². The van der Waals surface area contributed by atoms with Gasteiger partial charge < -0.3 is 14.4 Å². The van der Waals surface area contributed by atoms with Gasteiger partial charge in [-0.3, -0.25) is 0 Å². The van der Waals surface area contributed by atoms with Crippen molar-refractivity contribution in [3.8, 4) is 5.75 Å². The maximum Gasteiger partial charge on any atom is 0.127 e. The normalized spacial score (nSPS) is 12.4. The lowest BCUT2D eigenvalue weighted by atomic mass is 9.92. The van der Waals surface area contributed by atoms with Crippen LogP contribution in [0, 0.1) is 0 Å². The molecule has 0 aliphatic rings. The molecule has 0 unspecified atom stereocenters. The lowest BCUT2D eigenvalue weighted by Gasteiger charge is -2.26. The molecule has 0 radical (unpaired) electrons. The smallest absolute Gasteiger partial charge is 0.127 e. The van der Waals surface area contributed by atoms with E-state index in [-0.39, 0.29) is 0 Å². The molecule has 4 heteroatoms. The molecule has 3 rings (SSSR count). The van der Waals surface area contributed by atoms with Crippen molar-refractivity contribution in [2.75, 3.05) is 19.1 Å². The molecule has 0 amide bonds. The third-order valence-electron chi connectivity index (χ3n) is 6.79. The zero-order valence-electron chi connectivity index (χ0n) is 26.2. The molecule has 0 aliphatic carbocycles. The van der Waals surface area contributed by atoms with Gasteiger partial charge in [0.15, 0.2) is 0 Å². The van der Waals surface area contributed by atoms with E-state index in [0.717, 1.165) is 55.9 Å². The highest BCUT2D eigenvalue weighted by molar-refractivity contribution is 6.81. The first kappa shape index (κ1) is 32.7. The highest BCUT2D eigenvalue weighted by Crippen LogP contribution is 2.38. The summed E-state index contributed by atoms with van der Waals surface area (Å²) in [7, 11) is 1.95. The van der Waals surface area contributed by atoms with Crippen LogP contribution in [0.15, 0.2) is 159 Å². The van der Waals surface area contributed by atoms with Crippen LogP contribution in [0.2, 0.25) is 19.6 Å². The Labute approximate surface area is 259 Å². The zero-order chi connectivity index (χ0) is 31.6. The Morgan fingerprint density at radius 2 is 1.53 bits per heavy atom. The fourth-order valence-corrected chi connectivity index (χ4v) is 5.37. The molecule has 0 bridgehead atoms. The van der Waals surface area contributed by atoms with Gasteiger partial charge in [0.05, 0.1) is 22.3 Å². The van der Waals surface area contributed by atoms with Crippen molar-refractivity contribution in [2.24, 2.45) is 0 Å². The van der Waals surface area contributed by atoms with Crippen molar-refractivity contribution >= 4 is 35.7 Å². The fraction of sp³-hybridized carbons (Fsp3) is 0.128. The summed E-state index contributed by atoms with van der Waals surface area (Å²) < 4.78 is 11.4. The summed E-state index contributed by atoms with van der Waals surface area (Å²) in [5.74, 6) is 1.40. The zero-order valence-corrected chi connectivity index (χ0v) is 27.2. The van der Waals surface area contributed by atoms with Crippen LogP contribution in [0.3, 0.4) is 0 Å². The topological polar surface area (TPSA) is 21.7 Å². The first-order chi connectivity index (χ1) is 20.6. The van der Waals surface area contributed by atoms with E-state index in [1.54, 1.807) is 26.4 Å². The predicted molar refractivity (Wildman–Crippen MR) is 192 cm³/mol. The average Bonchev–Trinajstić information content (AvgIpc) is 3.00. The first-order valence-electron chi connectivity index (χ1n) is 14.2. The number of para-hydroxylation sites is 1. The number of ether oxygens (including phenoxy) is 2. The monoisotopic (exact) mass is 585 g/mol. The number of allylic oxidation sites excluding steroid dienone is 9. The van der Waals surface area contributed by atoms with Crippen LogP contribution < -0.4 is 9.64 Å². The van der Waals surface area contributed by atoms with Gasteiger partial charge >= 0.3 is 0 Å². The lowest BCUT2D eigenvalue weighted by molar-refractivity contribution is 0.311. The minimum absolute atomic E-state index is 0.647. The highest BCUT2D eigenvalue weighted by Gasteiger charge is 2.17. The summed E-state index contributed by atoms with van der Waals surface area (Å²) >= 11 is 0. The Morgan fingerprint density at radius 1 is 0.814 bits per heavy atom. The fourth-order valence-electron chi connectivity index (χ4n) is 4.69. The molecular weight excluding hydrogens is 543 g/mol. The summed E-state index contributed by atoms with van der Waals surface area (Å²) in [6.45, 7) is 28.0. The van der Waals surface area contributed by atoms with Gasteiger partial charge in [0, 0.05) is 28.0 Å². The first-order valence-corrected chi connectivity index (χ1v) is 17.7. The van der Waals surface area contributed by atoms with E-state index in [2.05, 4.69) is 99.6 Å². The van der Waals surface area contributed by atoms with E-state index in [0.29, 0.717) is 5.76 Å². The second-order valence-electron chi connectivity index (χ2n) is 11.0. The lowest BCUT2D eigenvalue weighted by Crippen LogP contribution is -2.19. The minimum Gasteiger partial charge on any atom is -0.496 e. The standard InChI is InChI=1S/C39H43NO2Si/c1-11-18-37(41-6)31(5)35-26-27-38(42-7)39-34(22-16-23-36(35)39)29(3)24-25-30(4)40(33-19-14-13-15-20-33)32(12-2)21-17-28-43(8,9)10/h11-28H,1-5H2,6-10H3. The van der Waals surface area contributed by atoms with Crippen LogP contribution in [0.25, 0.3) is 21.9 Å². The Morgan fingerprint density at radius 3 is 2.14 bits per heavy atom. The molecule has 0 saturated carbocycles. The quantitative estimate of drug-likeness (QED) is 0.107. The Bertz CT molecular complexity index is 1650. The second kappa shape index (κ2) is 14.9. The van der Waals surface area contributed by atoms with Gasteiger partial charge in [0.25, 0.3) is 0 Å². The van der Waals surface area contributed by atoms with Crippen LogP contribution in [-0.4, -0.2) is 22.3 Å². The van der Waals surface area contributed by atoms with Crippen molar-refractivity contribution in [3.63, 3.8) is 0 Å². The molecular formula is C39H43NO2Si. The molecule has 0 atom stereocenters. The molecule has 0 N–H and O–H groups in total. The highest BCUT2D eigenvalue weighted by atomic mass is 28.3. The maximum atomic E-state index is 5.81. The molecule has 0 heterocycles. The van der Waals surface area contributed by atoms with Crippen LogP contribution in [0.5, 0.6) is 5.75 Å². The van der Waals surface area contributed by atoms with Crippen LogP contribution in [0.4, 0.5) is 5.69 Å². The van der Waals surface area contributed by atoms with Crippen LogP contribution >= 0.6 is 0 Å². The molecule has 3 aromatic carbocycles. The number of hydrogen-bond acceptors (Lipinski definition) is 3. The SMILES string of the molecule is C=CC=C(OC)C(=C)c1ccc(OC)c2c(C(=C)C=CC(=C)N(C(C=C)=CC=C[Si](C)(C)C)c3ccccc3)cccc12. The van der Waals surface area contributed by atoms with Crippen molar-refractivity contribution in [1.29, 1.82) is 0 Å².